The van der Waals surface area contributed by atoms with Crippen LogP contribution >= 0.6 is 22.7 Å². The fraction of sp³-hybridized carbons (Fsp3) is 0.0132. The van der Waals surface area contributed by atoms with E-state index in [9.17, 15) is 0 Å². The van der Waals surface area contributed by atoms with Gasteiger partial charge in [-0.2, -0.15) is 0 Å². The average molecular weight is 1070 g/mol. The van der Waals surface area contributed by atoms with Gasteiger partial charge >= 0.3 is 0 Å². The van der Waals surface area contributed by atoms with Crippen molar-refractivity contribution >= 4 is 108 Å². The number of pyridine rings is 1. The van der Waals surface area contributed by atoms with E-state index in [-0.39, 0.29) is 0 Å². The quantitative estimate of drug-likeness (QED) is 0.151. The van der Waals surface area contributed by atoms with E-state index in [2.05, 4.69) is 289 Å². The van der Waals surface area contributed by atoms with Crippen molar-refractivity contribution in [3.05, 3.63) is 308 Å². The zero-order valence-electron chi connectivity index (χ0n) is 43.8. The Morgan fingerprint density at radius 3 is 1.47 bits per heavy atom. The van der Waals surface area contributed by atoms with Gasteiger partial charge in [0.15, 0.2) is 0 Å². The monoisotopic (exact) mass is 1070 g/mol. The predicted octanol–water partition coefficient (Wildman–Crippen LogP) is 21.6. The summed E-state index contributed by atoms with van der Waals surface area (Å²) in [4.78, 5) is 10.4. The molecule has 2 aliphatic rings. The van der Waals surface area contributed by atoms with Gasteiger partial charge in [-0.1, -0.05) is 188 Å². The third-order valence-corrected chi connectivity index (χ3v) is 19.3. The number of rotatable bonds is 8. The van der Waals surface area contributed by atoms with Crippen LogP contribution in [0.4, 0.5) is 34.1 Å². The van der Waals surface area contributed by atoms with Gasteiger partial charge in [0.25, 0.3) is 0 Å². The van der Waals surface area contributed by atoms with Gasteiger partial charge in [-0.05, 0) is 157 Å². The number of benzene rings is 12. The number of aromatic nitrogens is 1. The van der Waals surface area contributed by atoms with E-state index in [0.717, 1.165) is 39.8 Å². The largest absolute Gasteiger partial charge is 0.310 e. The fourth-order valence-electron chi connectivity index (χ4n) is 13.7. The molecule has 0 saturated heterocycles. The Morgan fingerprint density at radius 1 is 0.309 bits per heavy atom. The van der Waals surface area contributed by atoms with Gasteiger partial charge in [-0.15, -0.1) is 22.7 Å². The molecule has 0 saturated carbocycles. The van der Waals surface area contributed by atoms with Crippen molar-refractivity contribution in [3.63, 3.8) is 0 Å². The molecule has 1 spiro atoms. The van der Waals surface area contributed by atoms with E-state index in [1.54, 1.807) is 0 Å². The molecule has 3 aromatic heterocycles. The molecule has 2 aliphatic carbocycles. The van der Waals surface area contributed by atoms with Crippen LogP contribution in [0.25, 0.3) is 95.6 Å². The number of thiophene rings is 2. The van der Waals surface area contributed by atoms with E-state index in [1.165, 1.54) is 112 Å². The molecule has 0 radical (unpaired) electrons. The van der Waals surface area contributed by atoms with E-state index >= 15 is 0 Å². The lowest BCUT2D eigenvalue weighted by Crippen LogP contribution is -2.27. The molecule has 0 bridgehead atoms. The third kappa shape index (κ3) is 6.90. The normalized spacial score (nSPS) is 14.0. The molecule has 15 aromatic rings. The van der Waals surface area contributed by atoms with Gasteiger partial charge in [0.2, 0.25) is 0 Å². The summed E-state index contributed by atoms with van der Waals surface area (Å²) in [6, 6.07) is 103. The molecule has 1 unspecified atom stereocenters. The van der Waals surface area contributed by atoms with Crippen LogP contribution in [0.1, 0.15) is 22.4 Å². The number of anilines is 6. The summed E-state index contributed by atoms with van der Waals surface area (Å²) in [7, 11) is 0. The maximum absolute atomic E-state index is 5.45. The highest BCUT2D eigenvalue weighted by Crippen LogP contribution is 2.64. The van der Waals surface area contributed by atoms with Gasteiger partial charge in [-0.3, -0.25) is 4.98 Å². The van der Waals surface area contributed by atoms with Crippen LogP contribution in [0.15, 0.2) is 285 Å². The molecule has 378 valence electrons. The smallest absolute Gasteiger partial charge is 0.0904 e. The zero-order valence-corrected chi connectivity index (χ0v) is 45.4. The SMILES string of the molecule is c1ccc(-c2cccc(N(c3ccc4c(c3)-c3ccc5cc(N(c6cccc(-c7ccccc7)c6)c6cccc7sc8ccccc8c67)ccc5c3C43c4ccccc4-c4cccnc43)c3cccc4sc5ccccc5c34)c2)cc1. The molecular weight excluding hydrogens is 1020 g/mol. The second kappa shape index (κ2) is 18.1. The van der Waals surface area contributed by atoms with Crippen molar-refractivity contribution in [1.82, 2.24) is 4.98 Å². The summed E-state index contributed by atoms with van der Waals surface area (Å²) >= 11 is 3.72. The van der Waals surface area contributed by atoms with Gasteiger partial charge in [0.05, 0.1) is 22.5 Å². The first kappa shape index (κ1) is 46.0. The summed E-state index contributed by atoms with van der Waals surface area (Å²) < 4.78 is 5.10. The highest BCUT2D eigenvalue weighted by Gasteiger charge is 2.54. The third-order valence-electron chi connectivity index (χ3n) is 17.0. The summed E-state index contributed by atoms with van der Waals surface area (Å²) in [6.45, 7) is 0. The molecular formula is C76H47N3S2. The standard InChI is InChI=1S/C76H47N3S2/c1-3-18-48(19-4-1)50-22-13-24-53(44-50)78(66-31-15-35-70-72(66)61-27-8-11-33-68(61)80-70)55-38-41-57-52(46-55)37-40-59-63-47-56(39-42-65(63)76(74(57)59)64-30-10-7-26-58(64)60-29-17-43-77-75(60)76)79(54-25-14-23-51(45-54)49-20-5-2-6-21-49)67-32-16-36-71-73(67)62-28-9-12-34-69(62)81-71/h1-47H. The molecule has 5 heteroatoms. The van der Waals surface area contributed by atoms with Gasteiger partial charge in [-0.25, -0.2) is 0 Å². The highest BCUT2D eigenvalue weighted by molar-refractivity contribution is 7.26. The zero-order chi connectivity index (χ0) is 53.2. The van der Waals surface area contributed by atoms with Crippen LogP contribution in [-0.4, -0.2) is 4.98 Å². The molecule has 81 heavy (non-hydrogen) atoms. The van der Waals surface area contributed by atoms with Crippen LogP contribution in [0, 0.1) is 0 Å². The van der Waals surface area contributed by atoms with E-state index in [0.29, 0.717) is 0 Å². The molecule has 0 aliphatic heterocycles. The Morgan fingerprint density at radius 2 is 0.815 bits per heavy atom. The molecule has 3 heterocycles. The van der Waals surface area contributed by atoms with Gasteiger partial charge in [0.1, 0.15) is 0 Å². The number of hydrogen-bond acceptors (Lipinski definition) is 5. The lowest BCUT2D eigenvalue weighted by atomic mass is 9.71. The molecule has 12 aromatic carbocycles. The van der Waals surface area contributed by atoms with Crippen LogP contribution in [0.3, 0.4) is 0 Å². The molecule has 0 fully saturated rings. The van der Waals surface area contributed by atoms with Crippen molar-refractivity contribution in [2.75, 3.05) is 9.80 Å². The Balaban J connectivity index is 0.913. The van der Waals surface area contributed by atoms with Crippen LogP contribution in [0.2, 0.25) is 0 Å². The van der Waals surface area contributed by atoms with Gasteiger partial charge in [0, 0.05) is 74.9 Å². The van der Waals surface area contributed by atoms with Crippen molar-refractivity contribution in [1.29, 1.82) is 0 Å². The van der Waals surface area contributed by atoms with Gasteiger partial charge < -0.3 is 9.80 Å². The molecule has 0 amide bonds. The summed E-state index contributed by atoms with van der Waals surface area (Å²) in [5, 5.41) is 7.43. The van der Waals surface area contributed by atoms with Crippen LogP contribution in [-0.2, 0) is 5.41 Å². The van der Waals surface area contributed by atoms with E-state index < -0.39 is 5.41 Å². The molecule has 17 rings (SSSR count). The number of fused-ring (bicyclic) bond motifs is 18. The second-order valence-electron chi connectivity index (χ2n) is 21.3. The fourth-order valence-corrected chi connectivity index (χ4v) is 16.0. The molecule has 3 nitrogen and oxygen atoms in total. The van der Waals surface area contributed by atoms with Crippen molar-refractivity contribution in [2.24, 2.45) is 0 Å². The Bertz CT molecular complexity index is 4990. The Hall–Kier alpha value is -9.91. The van der Waals surface area contributed by atoms with Crippen molar-refractivity contribution in [3.8, 4) is 44.5 Å². The first-order valence-corrected chi connectivity index (χ1v) is 29.3. The number of nitrogens with zero attached hydrogens (tertiary/aromatic N) is 3. The number of hydrogen-bond donors (Lipinski definition) is 0. The first-order valence-electron chi connectivity index (χ1n) is 27.7. The maximum Gasteiger partial charge on any atom is 0.0904 e. The van der Waals surface area contributed by atoms with Crippen molar-refractivity contribution < 1.29 is 0 Å². The minimum Gasteiger partial charge on any atom is -0.310 e. The average Bonchev–Trinajstić information content (AvgIpc) is 2.52. The Labute approximate surface area is 477 Å². The topological polar surface area (TPSA) is 19.4 Å². The molecule has 0 N–H and O–H groups in total. The lowest BCUT2D eigenvalue weighted by Gasteiger charge is -2.31. The lowest BCUT2D eigenvalue weighted by molar-refractivity contribution is 0.767. The summed E-state index contributed by atoms with van der Waals surface area (Å²) in [5.41, 5.74) is 20.4. The summed E-state index contributed by atoms with van der Waals surface area (Å²) in [6.07, 6.45) is 1.99. The van der Waals surface area contributed by atoms with Crippen molar-refractivity contribution in [2.45, 2.75) is 5.41 Å². The van der Waals surface area contributed by atoms with Crippen LogP contribution in [0.5, 0.6) is 0 Å². The second-order valence-corrected chi connectivity index (χ2v) is 23.5. The first-order chi connectivity index (χ1) is 40.2. The highest BCUT2D eigenvalue weighted by atomic mass is 32.1. The van der Waals surface area contributed by atoms with E-state index in [1.807, 2.05) is 28.9 Å². The summed E-state index contributed by atoms with van der Waals surface area (Å²) in [5.74, 6) is 0. The maximum atomic E-state index is 5.45. The molecule has 1 atom stereocenters. The van der Waals surface area contributed by atoms with Crippen LogP contribution < -0.4 is 9.80 Å². The minimum atomic E-state index is -0.691. The Kier molecular flexibility index (Phi) is 10.3. The van der Waals surface area contributed by atoms with E-state index in [4.69, 9.17) is 4.98 Å². The minimum absolute atomic E-state index is 0.691. The predicted molar refractivity (Wildman–Crippen MR) is 344 cm³/mol.